The van der Waals surface area contributed by atoms with Gasteiger partial charge in [0.15, 0.2) is 0 Å². The third kappa shape index (κ3) is 3.00. The lowest BCUT2D eigenvalue weighted by molar-refractivity contribution is 0.0464. The first-order valence-electron chi connectivity index (χ1n) is 5.88. The van der Waals surface area contributed by atoms with Crippen molar-refractivity contribution in [3.8, 4) is 0 Å². The van der Waals surface area contributed by atoms with E-state index in [1.165, 1.54) is 0 Å². The van der Waals surface area contributed by atoms with Crippen LogP contribution in [0.2, 0.25) is 0 Å². The molecule has 0 aromatic heterocycles. The molecule has 0 radical (unpaired) electrons. The fourth-order valence-corrected chi connectivity index (χ4v) is 2.71. The van der Waals surface area contributed by atoms with Crippen molar-refractivity contribution in [1.29, 1.82) is 0 Å². The topological polar surface area (TPSA) is 43.7 Å². The van der Waals surface area contributed by atoms with Crippen molar-refractivity contribution in [3.05, 3.63) is 28.2 Å². The fraction of sp³-hybridized carbons (Fsp3) is 0.538. The summed E-state index contributed by atoms with van der Waals surface area (Å²) < 4.78 is 1.02. The van der Waals surface area contributed by atoms with E-state index in [4.69, 9.17) is 0 Å². The van der Waals surface area contributed by atoms with Crippen LogP contribution in [0.3, 0.4) is 0 Å². The first-order valence-corrected chi connectivity index (χ1v) is 6.68. The van der Waals surface area contributed by atoms with E-state index in [9.17, 15) is 10.2 Å². The molecule has 0 spiro atoms. The molecule has 17 heavy (non-hydrogen) atoms. The summed E-state index contributed by atoms with van der Waals surface area (Å²) in [6.07, 6.45) is 1.69. The minimum atomic E-state index is -0.103. The fourth-order valence-electron chi connectivity index (χ4n) is 2.36. The maximum atomic E-state index is 9.32. The van der Waals surface area contributed by atoms with E-state index in [1.807, 2.05) is 25.2 Å². The van der Waals surface area contributed by atoms with Gasteiger partial charge in [0, 0.05) is 29.3 Å². The molecule has 1 aliphatic carbocycles. The summed E-state index contributed by atoms with van der Waals surface area (Å²) in [6, 6.07) is 5.90. The highest BCUT2D eigenvalue weighted by molar-refractivity contribution is 9.10. The molecule has 0 unspecified atom stereocenters. The Bertz CT molecular complexity index is 391. The summed E-state index contributed by atoms with van der Waals surface area (Å²) in [5.74, 6) is 0.570. The predicted octanol–water partition coefficient (Wildman–Crippen LogP) is 2.15. The zero-order chi connectivity index (χ0) is 12.4. The zero-order valence-corrected chi connectivity index (χ0v) is 11.5. The van der Waals surface area contributed by atoms with E-state index in [1.54, 1.807) is 0 Å². The van der Waals surface area contributed by atoms with Gasteiger partial charge in [-0.1, -0.05) is 22.0 Å². The predicted molar refractivity (Wildman–Crippen MR) is 72.1 cm³/mol. The Morgan fingerprint density at radius 3 is 2.71 bits per heavy atom. The highest BCUT2D eigenvalue weighted by Crippen LogP contribution is 2.31. The molecule has 1 aromatic carbocycles. The van der Waals surface area contributed by atoms with Crippen LogP contribution in [-0.2, 0) is 6.61 Å². The standard InChI is InChI=1S/C13H18BrNO2/c1-15(7-9-4-12(17)5-9)13-6-11(14)3-2-10(13)8-16/h2-3,6,9,12,16-17H,4-5,7-8H2,1H3. The number of anilines is 1. The smallest absolute Gasteiger partial charge is 0.0702 e. The van der Waals surface area contributed by atoms with E-state index < -0.39 is 0 Å². The summed E-state index contributed by atoms with van der Waals surface area (Å²) in [5.41, 5.74) is 2.00. The summed E-state index contributed by atoms with van der Waals surface area (Å²) >= 11 is 3.45. The molecule has 3 nitrogen and oxygen atoms in total. The summed E-state index contributed by atoms with van der Waals surface area (Å²) in [4.78, 5) is 2.16. The molecular formula is C13H18BrNO2. The third-order valence-corrected chi connectivity index (χ3v) is 3.87. The van der Waals surface area contributed by atoms with E-state index in [0.29, 0.717) is 5.92 Å². The normalized spacial score (nSPS) is 23.3. The lowest BCUT2D eigenvalue weighted by Crippen LogP contribution is -2.37. The van der Waals surface area contributed by atoms with Gasteiger partial charge in [-0.2, -0.15) is 0 Å². The van der Waals surface area contributed by atoms with Crippen molar-refractivity contribution in [2.24, 2.45) is 5.92 Å². The van der Waals surface area contributed by atoms with Gasteiger partial charge in [0.25, 0.3) is 0 Å². The quantitative estimate of drug-likeness (QED) is 0.895. The molecule has 0 bridgehead atoms. The molecule has 2 N–H and O–H groups in total. The van der Waals surface area contributed by atoms with E-state index in [-0.39, 0.29) is 12.7 Å². The van der Waals surface area contributed by atoms with Crippen molar-refractivity contribution >= 4 is 21.6 Å². The largest absolute Gasteiger partial charge is 0.393 e. The number of hydrogen-bond acceptors (Lipinski definition) is 3. The molecule has 0 aliphatic heterocycles. The average molecular weight is 300 g/mol. The van der Waals surface area contributed by atoms with Crippen LogP contribution >= 0.6 is 15.9 Å². The van der Waals surface area contributed by atoms with Gasteiger partial charge in [0.2, 0.25) is 0 Å². The molecule has 2 rings (SSSR count). The Morgan fingerprint density at radius 1 is 1.41 bits per heavy atom. The number of aliphatic hydroxyl groups is 2. The van der Waals surface area contributed by atoms with Crippen molar-refractivity contribution < 1.29 is 10.2 Å². The van der Waals surface area contributed by atoms with Gasteiger partial charge in [0.05, 0.1) is 12.7 Å². The molecule has 1 saturated carbocycles. The van der Waals surface area contributed by atoms with Crippen LogP contribution in [0, 0.1) is 5.92 Å². The summed E-state index contributed by atoms with van der Waals surface area (Å²) in [6.45, 7) is 0.987. The van der Waals surface area contributed by atoms with Crippen molar-refractivity contribution in [2.75, 3.05) is 18.5 Å². The number of halogens is 1. The summed E-state index contributed by atoms with van der Waals surface area (Å²) in [7, 11) is 2.03. The highest BCUT2D eigenvalue weighted by Gasteiger charge is 2.28. The molecule has 0 saturated heterocycles. The molecule has 0 atom stereocenters. The van der Waals surface area contributed by atoms with E-state index in [0.717, 1.165) is 35.1 Å². The lowest BCUT2D eigenvalue weighted by atomic mass is 9.82. The van der Waals surface area contributed by atoms with Crippen molar-refractivity contribution in [2.45, 2.75) is 25.6 Å². The number of nitrogens with zero attached hydrogens (tertiary/aromatic N) is 1. The molecule has 1 aliphatic rings. The van der Waals surface area contributed by atoms with Gasteiger partial charge in [-0.05, 0) is 30.9 Å². The molecule has 4 heteroatoms. The molecule has 1 aromatic rings. The molecule has 94 valence electrons. The van der Waals surface area contributed by atoms with Crippen LogP contribution in [-0.4, -0.2) is 29.9 Å². The van der Waals surface area contributed by atoms with Gasteiger partial charge in [0.1, 0.15) is 0 Å². The minimum Gasteiger partial charge on any atom is -0.393 e. The Kier molecular flexibility index (Phi) is 4.07. The molecule has 1 fully saturated rings. The van der Waals surface area contributed by atoms with Crippen molar-refractivity contribution in [3.63, 3.8) is 0 Å². The third-order valence-electron chi connectivity index (χ3n) is 3.37. The van der Waals surface area contributed by atoms with E-state index >= 15 is 0 Å². The molecule has 0 amide bonds. The SMILES string of the molecule is CN(CC1CC(O)C1)c1cc(Br)ccc1CO. The first-order chi connectivity index (χ1) is 8.10. The van der Waals surface area contributed by atoms with Crippen molar-refractivity contribution in [1.82, 2.24) is 0 Å². The Hall–Kier alpha value is -0.580. The van der Waals surface area contributed by atoms with Crippen LogP contribution in [0.25, 0.3) is 0 Å². The number of aliphatic hydroxyl groups excluding tert-OH is 2. The van der Waals surface area contributed by atoms with Gasteiger partial charge in [-0.25, -0.2) is 0 Å². The molecule has 0 heterocycles. The van der Waals surface area contributed by atoms with Crippen LogP contribution < -0.4 is 4.90 Å². The Morgan fingerprint density at radius 2 is 2.12 bits per heavy atom. The van der Waals surface area contributed by atoms with Crippen LogP contribution in [0.5, 0.6) is 0 Å². The second kappa shape index (κ2) is 5.38. The molecular weight excluding hydrogens is 282 g/mol. The number of rotatable bonds is 4. The number of hydrogen-bond donors (Lipinski definition) is 2. The van der Waals surface area contributed by atoms with E-state index in [2.05, 4.69) is 20.8 Å². The highest BCUT2D eigenvalue weighted by atomic mass is 79.9. The monoisotopic (exact) mass is 299 g/mol. The van der Waals surface area contributed by atoms with Crippen LogP contribution in [0.4, 0.5) is 5.69 Å². The minimum absolute atomic E-state index is 0.0558. The number of benzene rings is 1. The van der Waals surface area contributed by atoms with Gasteiger partial charge < -0.3 is 15.1 Å². The van der Waals surface area contributed by atoms with Crippen LogP contribution in [0.15, 0.2) is 22.7 Å². The maximum absolute atomic E-state index is 9.32. The lowest BCUT2D eigenvalue weighted by Gasteiger charge is -2.35. The zero-order valence-electron chi connectivity index (χ0n) is 9.93. The van der Waals surface area contributed by atoms with Gasteiger partial charge in [-0.3, -0.25) is 0 Å². The van der Waals surface area contributed by atoms with Crippen LogP contribution in [0.1, 0.15) is 18.4 Å². The maximum Gasteiger partial charge on any atom is 0.0702 e. The second-order valence-electron chi connectivity index (χ2n) is 4.80. The Labute approximate surface area is 110 Å². The average Bonchev–Trinajstić information content (AvgIpc) is 2.27. The van der Waals surface area contributed by atoms with Gasteiger partial charge in [-0.15, -0.1) is 0 Å². The van der Waals surface area contributed by atoms with Gasteiger partial charge >= 0.3 is 0 Å². The Balaban J connectivity index is 2.06. The first kappa shape index (κ1) is 12.9. The summed E-state index contributed by atoms with van der Waals surface area (Å²) in [5, 5.41) is 18.6. The second-order valence-corrected chi connectivity index (χ2v) is 5.72.